The molecule has 152 valence electrons. The standard InChI is InChI=1S/C20H24F3N3O2/c1-15-2-5-18(6-3-15)28-14-17(27)13-25-8-10-26(11-9-25)19-7-4-16(12-24-19)20(21,22)23/h2-7,12,17,27H,8-11,13-14H2,1H3/p+2/t17-/m1/s1. The lowest BCUT2D eigenvalue weighted by atomic mass is 10.2. The van der Waals surface area contributed by atoms with Gasteiger partial charge in [-0.15, -0.1) is 0 Å². The van der Waals surface area contributed by atoms with Crippen molar-refractivity contribution in [2.75, 3.05) is 44.2 Å². The number of H-pyrrole nitrogens is 1. The van der Waals surface area contributed by atoms with Gasteiger partial charge in [-0.2, -0.15) is 13.2 Å². The zero-order valence-electron chi connectivity index (χ0n) is 15.8. The molecule has 1 aromatic heterocycles. The number of aromatic nitrogens is 1. The Kier molecular flexibility index (Phi) is 6.41. The maximum atomic E-state index is 12.7. The van der Waals surface area contributed by atoms with Crippen LogP contribution in [0.5, 0.6) is 5.75 Å². The van der Waals surface area contributed by atoms with Crippen molar-refractivity contribution in [3.05, 3.63) is 53.7 Å². The van der Waals surface area contributed by atoms with E-state index in [0.717, 1.165) is 36.7 Å². The topological polar surface area (TPSA) is 51.3 Å². The molecule has 1 aromatic carbocycles. The van der Waals surface area contributed by atoms with Gasteiger partial charge in [-0.3, -0.25) is 4.90 Å². The van der Waals surface area contributed by atoms with Gasteiger partial charge in [0.25, 0.3) is 5.82 Å². The molecule has 3 rings (SSSR count). The summed E-state index contributed by atoms with van der Waals surface area (Å²) in [5.74, 6) is 1.41. The maximum Gasteiger partial charge on any atom is 0.419 e. The van der Waals surface area contributed by atoms with E-state index in [0.29, 0.717) is 25.5 Å². The number of hydrogen-bond acceptors (Lipinski definition) is 3. The molecule has 0 unspecified atom stereocenters. The van der Waals surface area contributed by atoms with Crippen LogP contribution in [0.15, 0.2) is 42.6 Å². The number of quaternary nitrogens is 1. The zero-order valence-corrected chi connectivity index (χ0v) is 15.8. The largest absolute Gasteiger partial charge is 0.491 e. The lowest BCUT2D eigenvalue weighted by Gasteiger charge is -2.29. The van der Waals surface area contributed by atoms with Crippen molar-refractivity contribution in [2.45, 2.75) is 19.2 Å². The first-order valence-corrected chi connectivity index (χ1v) is 9.36. The van der Waals surface area contributed by atoms with E-state index < -0.39 is 17.8 Å². The third kappa shape index (κ3) is 5.59. The highest BCUT2D eigenvalue weighted by Gasteiger charge is 2.33. The number of aliphatic hydroxyl groups excluding tert-OH is 1. The van der Waals surface area contributed by atoms with Crippen LogP contribution in [0.4, 0.5) is 19.0 Å². The van der Waals surface area contributed by atoms with Gasteiger partial charge in [0.1, 0.15) is 57.4 Å². The molecule has 3 N–H and O–H groups in total. The number of aryl methyl sites for hydroxylation is 1. The average molecular weight is 397 g/mol. The summed E-state index contributed by atoms with van der Waals surface area (Å²) in [5.41, 5.74) is 0.470. The molecule has 2 aromatic rings. The number of nitrogens with zero attached hydrogens (tertiary/aromatic N) is 1. The van der Waals surface area contributed by atoms with Crippen LogP contribution in [0.1, 0.15) is 11.1 Å². The molecule has 2 heterocycles. The number of ether oxygens (including phenoxy) is 1. The summed E-state index contributed by atoms with van der Waals surface area (Å²) in [6.07, 6.45) is -3.91. The van der Waals surface area contributed by atoms with Crippen molar-refractivity contribution in [3.8, 4) is 5.75 Å². The Bertz CT molecular complexity index is 743. The Hall–Kier alpha value is -2.32. The average Bonchev–Trinajstić information content (AvgIpc) is 2.68. The number of piperazine rings is 1. The highest BCUT2D eigenvalue weighted by molar-refractivity contribution is 5.34. The third-order valence-corrected chi connectivity index (χ3v) is 4.92. The second-order valence-electron chi connectivity index (χ2n) is 7.18. The number of nitrogens with one attached hydrogen (secondary N) is 2. The van der Waals surface area contributed by atoms with Crippen LogP contribution in [0.2, 0.25) is 0 Å². The third-order valence-electron chi connectivity index (χ3n) is 4.92. The molecule has 0 saturated carbocycles. The summed E-state index contributed by atoms with van der Waals surface area (Å²) in [7, 11) is 0. The quantitative estimate of drug-likeness (QED) is 0.764. The van der Waals surface area contributed by atoms with E-state index in [4.69, 9.17) is 4.74 Å². The van der Waals surface area contributed by atoms with Crippen LogP contribution < -0.4 is 19.5 Å². The molecular weight excluding hydrogens is 371 g/mol. The molecule has 1 atom stereocenters. The number of pyridine rings is 1. The molecule has 0 aliphatic carbocycles. The van der Waals surface area contributed by atoms with Gasteiger partial charge >= 0.3 is 6.18 Å². The Labute approximate surface area is 162 Å². The fourth-order valence-electron chi connectivity index (χ4n) is 3.28. The molecule has 1 saturated heterocycles. The predicted molar refractivity (Wildman–Crippen MR) is 98.5 cm³/mol. The molecule has 1 fully saturated rings. The minimum atomic E-state index is -4.34. The molecule has 28 heavy (non-hydrogen) atoms. The molecule has 5 nitrogen and oxygen atoms in total. The zero-order chi connectivity index (χ0) is 20.1. The summed E-state index contributed by atoms with van der Waals surface area (Å²) in [5, 5.41) is 10.2. The number of rotatable bonds is 6. The maximum absolute atomic E-state index is 12.7. The van der Waals surface area contributed by atoms with Crippen molar-refractivity contribution >= 4 is 5.82 Å². The molecule has 1 aliphatic heterocycles. The summed E-state index contributed by atoms with van der Waals surface area (Å²) in [6.45, 7) is 5.85. The van der Waals surface area contributed by atoms with Crippen LogP contribution in [-0.4, -0.2) is 50.5 Å². The molecule has 0 amide bonds. The van der Waals surface area contributed by atoms with Crippen molar-refractivity contribution in [3.63, 3.8) is 0 Å². The Morgan fingerprint density at radius 1 is 1.14 bits per heavy atom. The fourth-order valence-corrected chi connectivity index (χ4v) is 3.28. The van der Waals surface area contributed by atoms with E-state index in [2.05, 4.69) is 4.98 Å². The van der Waals surface area contributed by atoms with Gasteiger partial charge in [0, 0.05) is 6.07 Å². The summed E-state index contributed by atoms with van der Waals surface area (Å²) >= 11 is 0. The smallest absolute Gasteiger partial charge is 0.419 e. The van der Waals surface area contributed by atoms with Gasteiger partial charge in [0.15, 0.2) is 0 Å². The van der Waals surface area contributed by atoms with Crippen LogP contribution >= 0.6 is 0 Å². The van der Waals surface area contributed by atoms with Crippen molar-refractivity contribution in [2.24, 2.45) is 0 Å². The first-order chi connectivity index (χ1) is 13.3. The van der Waals surface area contributed by atoms with Gasteiger partial charge in [-0.05, 0) is 25.1 Å². The van der Waals surface area contributed by atoms with Gasteiger partial charge in [-0.25, -0.2) is 4.98 Å². The molecular formula is C20H26F3N3O2+2. The molecule has 8 heteroatoms. The van der Waals surface area contributed by atoms with E-state index >= 15 is 0 Å². The second-order valence-corrected chi connectivity index (χ2v) is 7.18. The predicted octanol–water partition coefficient (Wildman–Crippen LogP) is 0.973. The van der Waals surface area contributed by atoms with E-state index in [1.165, 1.54) is 11.0 Å². The number of halogens is 3. The normalized spacial score (nSPS) is 16.8. The fraction of sp³-hybridized carbons (Fsp3) is 0.450. The molecule has 0 bridgehead atoms. The van der Waals surface area contributed by atoms with Crippen molar-refractivity contribution < 1.29 is 32.9 Å². The minimum absolute atomic E-state index is 0.239. The van der Waals surface area contributed by atoms with E-state index in [1.54, 1.807) is 0 Å². The van der Waals surface area contributed by atoms with Gasteiger partial charge in [0.2, 0.25) is 0 Å². The lowest BCUT2D eigenvalue weighted by Crippen LogP contribution is -3.16. The summed E-state index contributed by atoms with van der Waals surface area (Å²) in [4.78, 5) is 6.02. The van der Waals surface area contributed by atoms with E-state index in [1.807, 2.05) is 36.1 Å². The number of aromatic amines is 1. The minimum Gasteiger partial charge on any atom is -0.491 e. The number of alkyl halides is 3. The Morgan fingerprint density at radius 2 is 1.82 bits per heavy atom. The van der Waals surface area contributed by atoms with E-state index in [9.17, 15) is 18.3 Å². The highest BCUT2D eigenvalue weighted by atomic mass is 19.4. The van der Waals surface area contributed by atoms with Gasteiger partial charge in [-0.1, -0.05) is 17.7 Å². The molecule has 1 aliphatic rings. The Morgan fingerprint density at radius 3 is 2.39 bits per heavy atom. The number of anilines is 1. The van der Waals surface area contributed by atoms with Crippen LogP contribution in [0.3, 0.4) is 0 Å². The molecule has 0 radical (unpaired) electrons. The number of aliphatic hydroxyl groups is 1. The Balaban J connectivity index is 1.42. The molecule has 0 spiro atoms. The first-order valence-electron chi connectivity index (χ1n) is 9.36. The van der Waals surface area contributed by atoms with Crippen LogP contribution in [0.25, 0.3) is 0 Å². The summed E-state index contributed by atoms with van der Waals surface area (Å²) < 4.78 is 43.6. The monoisotopic (exact) mass is 397 g/mol. The number of benzene rings is 1. The second kappa shape index (κ2) is 8.79. The van der Waals surface area contributed by atoms with Crippen molar-refractivity contribution in [1.82, 2.24) is 0 Å². The van der Waals surface area contributed by atoms with Crippen LogP contribution in [-0.2, 0) is 6.18 Å². The highest BCUT2D eigenvalue weighted by Crippen LogP contribution is 2.28. The lowest BCUT2D eigenvalue weighted by molar-refractivity contribution is -0.903. The van der Waals surface area contributed by atoms with Gasteiger partial charge < -0.3 is 14.7 Å². The van der Waals surface area contributed by atoms with Crippen LogP contribution in [0, 0.1) is 6.92 Å². The van der Waals surface area contributed by atoms with E-state index in [-0.39, 0.29) is 6.61 Å². The SMILES string of the molecule is Cc1ccc(OC[C@H](O)C[NH+]2CCN(c3ccc(C(F)(F)F)c[nH+]3)CC2)cc1. The first kappa shape index (κ1) is 20.4. The summed E-state index contributed by atoms with van der Waals surface area (Å²) in [6, 6.07) is 10.3. The van der Waals surface area contributed by atoms with Crippen molar-refractivity contribution in [1.29, 1.82) is 0 Å². The number of hydrogen-bond donors (Lipinski definition) is 2. The van der Waals surface area contributed by atoms with Gasteiger partial charge in [0.05, 0.1) is 5.56 Å².